The highest BCUT2D eigenvalue weighted by molar-refractivity contribution is 6.25. The van der Waals surface area contributed by atoms with E-state index >= 15 is 0 Å². The van der Waals surface area contributed by atoms with Crippen LogP contribution in [0.1, 0.15) is 6.92 Å². The molecule has 0 aromatic heterocycles. The summed E-state index contributed by atoms with van der Waals surface area (Å²) in [6.45, 7) is 1.08. The number of fused-ring (bicyclic) bond motifs is 6. The second-order valence-electron chi connectivity index (χ2n) is 5.16. The van der Waals surface area contributed by atoms with Crippen molar-refractivity contribution in [2.24, 2.45) is 0 Å². The van der Waals surface area contributed by atoms with Gasteiger partial charge in [0.05, 0.1) is 0 Å². The number of benzene rings is 4. The van der Waals surface area contributed by atoms with E-state index < -0.39 is 5.97 Å². The average Bonchev–Trinajstić information content (AvgIpc) is 2.55. The molecule has 0 aliphatic rings. The molecule has 0 bridgehead atoms. The fourth-order valence-corrected chi connectivity index (χ4v) is 2.86. The Labute approximate surface area is 128 Å². The van der Waals surface area contributed by atoms with Crippen LogP contribution in [0.2, 0.25) is 0 Å². The van der Waals surface area contributed by atoms with Crippen LogP contribution >= 0.6 is 0 Å². The van der Waals surface area contributed by atoms with Crippen molar-refractivity contribution in [3.63, 3.8) is 0 Å². The van der Waals surface area contributed by atoms with Gasteiger partial charge in [0.2, 0.25) is 0 Å². The number of hydrogen-bond donors (Lipinski definition) is 1. The van der Waals surface area contributed by atoms with Crippen LogP contribution in [0.15, 0.2) is 72.8 Å². The maximum atomic E-state index is 9.00. The van der Waals surface area contributed by atoms with Gasteiger partial charge in [-0.2, -0.15) is 0 Å². The summed E-state index contributed by atoms with van der Waals surface area (Å²) in [5, 5.41) is 15.5. The number of carboxylic acid groups (broad SMARTS) is 1. The minimum atomic E-state index is -0.833. The number of carboxylic acids is 1. The van der Waals surface area contributed by atoms with Crippen LogP contribution in [0.3, 0.4) is 0 Å². The predicted molar refractivity (Wildman–Crippen MR) is 92.3 cm³/mol. The van der Waals surface area contributed by atoms with E-state index in [4.69, 9.17) is 9.90 Å². The molecule has 4 aromatic rings. The van der Waals surface area contributed by atoms with Crippen molar-refractivity contribution in [3.05, 3.63) is 72.8 Å². The zero-order valence-electron chi connectivity index (χ0n) is 12.3. The molecule has 0 saturated heterocycles. The maximum absolute atomic E-state index is 9.00. The first-order valence-electron chi connectivity index (χ1n) is 7.16. The third kappa shape index (κ3) is 2.51. The molecule has 0 spiro atoms. The highest BCUT2D eigenvalue weighted by Gasteiger charge is 2.06. The van der Waals surface area contributed by atoms with Crippen molar-refractivity contribution in [1.82, 2.24) is 0 Å². The summed E-state index contributed by atoms with van der Waals surface area (Å²) >= 11 is 0. The van der Waals surface area contributed by atoms with Gasteiger partial charge in [-0.25, -0.2) is 0 Å². The van der Waals surface area contributed by atoms with Gasteiger partial charge in [-0.05, 0) is 32.3 Å². The summed E-state index contributed by atoms with van der Waals surface area (Å²) in [6, 6.07) is 26.0. The van der Waals surface area contributed by atoms with Crippen LogP contribution in [-0.4, -0.2) is 11.1 Å². The molecule has 4 aromatic carbocycles. The first-order valence-corrected chi connectivity index (χ1v) is 7.16. The largest absolute Gasteiger partial charge is 0.481 e. The predicted octanol–water partition coefficient (Wildman–Crippen LogP) is 5.24. The fourth-order valence-electron chi connectivity index (χ4n) is 2.86. The van der Waals surface area contributed by atoms with Crippen molar-refractivity contribution in [2.75, 3.05) is 0 Å². The van der Waals surface area contributed by atoms with Gasteiger partial charge < -0.3 is 5.11 Å². The Kier molecular flexibility index (Phi) is 3.75. The number of carbonyl (C=O) groups is 1. The van der Waals surface area contributed by atoms with Gasteiger partial charge >= 0.3 is 0 Å². The molecule has 0 heterocycles. The van der Waals surface area contributed by atoms with E-state index in [-0.39, 0.29) is 0 Å². The van der Waals surface area contributed by atoms with E-state index in [1.807, 2.05) is 0 Å². The first-order chi connectivity index (χ1) is 10.7. The number of aliphatic carboxylic acids is 1. The van der Waals surface area contributed by atoms with Gasteiger partial charge in [-0.15, -0.1) is 0 Å². The quantitative estimate of drug-likeness (QED) is 0.449. The molecule has 22 heavy (non-hydrogen) atoms. The molecule has 0 fully saturated rings. The second-order valence-corrected chi connectivity index (χ2v) is 5.16. The normalized spacial score (nSPS) is 10.4. The molecule has 0 unspecified atom stereocenters. The van der Waals surface area contributed by atoms with Crippen LogP contribution in [0.5, 0.6) is 0 Å². The van der Waals surface area contributed by atoms with E-state index in [0.717, 1.165) is 6.92 Å². The van der Waals surface area contributed by atoms with Crippen LogP contribution in [0.25, 0.3) is 32.3 Å². The zero-order valence-corrected chi connectivity index (χ0v) is 12.3. The standard InChI is InChI=1S/C18H12.C2H4O2/c1-2-8-14-13(7-1)15-9-3-4-11-17(15)18-12-6-5-10-16(14)18;1-2(3)4/h1-12H;1H3,(H,3,4). The topological polar surface area (TPSA) is 37.3 Å². The molecule has 0 saturated carbocycles. The molecule has 1 N–H and O–H groups in total. The maximum Gasteiger partial charge on any atom is 0.300 e. The Morgan fingerprint density at radius 1 is 0.591 bits per heavy atom. The zero-order chi connectivity index (χ0) is 15.5. The van der Waals surface area contributed by atoms with E-state index in [2.05, 4.69) is 72.8 Å². The van der Waals surface area contributed by atoms with Gasteiger partial charge in [-0.1, -0.05) is 72.8 Å². The Morgan fingerprint density at radius 2 is 0.727 bits per heavy atom. The fraction of sp³-hybridized carbons (Fsp3) is 0.0500. The average molecular weight is 288 g/mol. The van der Waals surface area contributed by atoms with Gasteiger partial charge in [0.15, 0.2) is 0 Å². The van der Waals surface area contributed by atoms with E-state index in [0.29, 0.717) is 0 Å². The SMILES string of the molecule is CC(=O)O.c1ccc2c(c1)c1ccccc1c1ccccc21. The lowest BCUT2D eigenvalue weighted by Crippen LogP contribution is -1.81. The lowest BCUT2D eigenvalue weighted by molar-refractivity contribution is -0.134. The van der Waals surface area contributed by atoms with E-state index in [1.54, 1.807) is 0 Å². The molecule has 108 valence electrons. The van der Waals surface area contributed by atoms with Gasteiger partial charge in [-0.3, -0.25) is 4.79 Å². The molecule has 2 heteroatoms. The van der Waals surface area contributed by atoms with Crippen molar-refractivity contribution in [2.45, 2.75) is 6.92 Å². The number of hydrogen-bond acceptors (Lipinski definition) is 1. The first kappa shape index (κ1) is 14.1. The van der Waals surface area contributed by atoms with Crippen LogP contribution < -0.4 is 0 Å². The molecule has 2 nitrogen and oxygen atoms in total. The Bertz CT molecular complexity index is 746. The summed E-state index contributed by atoms with van der Waals surface area (Å²) in [4.78, 5) is 9.00. The van der Waals surface area contributed by atoms with E-state index in [1.165, 1.54) is 32.3 Å². The minimum absolute atomic E-state index is 0.833. The summed E-state index contributed by atoms with van der Waals surface area (Å²) in [5.41, 5.74) is 0. The smallest absolute Gasteiger partial charge is 0.300 e. The highest BCUT2D eigenvalue weighted by Crippen LogP contribution is 2.34. The summed E-state index contributed by atoms with van der Waals surface area (Å²) < 4.78 is 0. The third-order valence-electron chi connectivity index (χ3n) is 3.65. The van der Waals surface area contributed by atoms with Gasteiger partial charge in [0, 0.05) is 6.92 Å². The summed E-state index contributed by atoms with van der Waals surface area (Å²) in [5.74, 6) is -0.833. The molecule has 0 atom stereocenters. The number of rotatable bonds is 0. The molecular weight excluding hydrogens is 272 g/mol. The lowest BCUT2D eigenvalue weighted by Gasteiger charge is -2.09. The van der Waals surface area contributed by atoms with Gasteiger partial charge in [0.25, 0.3) is 5.97 Å². The van der Waals surface area contributed by atoms with Crippen molar-refractivity contribution >= 4 is 38.3 Å². The Hall–Kier alpha value is -2.87. The van der Waals surface area contributed by atoms with Crippen LogP contribution in [0.4, 0.5) is 0 Å². The van der Waals surface area contributed by atoms with Crippen molar-refractivity contribution in [1.29, 1.82) is 0 Å². The van der Waals surface area contributed by atoms with Crippen molar-refractivity contribution < 1.29 is 9.90 Å². The molecule has 0 aliphatic heterocycles. The summed E-state index contributed by atoms with van der Waals surface area (Å²) in [6.07, 6.45) is 0. The molecule has 0 aliphatic carbocycles. The second kappa shape index (κ2) is 5.86. The van der Waals surface area contributed by atoms with Crippen molar-refractivity contribution in [3.8, 4) is 0 Å². The minimum Gasteiger partial charge on any atom is -0.481 e. The van der Waals surface area contributed by atoms with Gasteiger partial charge in [0.1, 0.15) is 0 Å². The molecule has 0 amide bonds. The Morgan fingerprint density at radius 3 is 0.864 bits per heavy atom. The molecule has 0 radical (unpaired) electrons. The van der Waals surface area contributed by atoms with Crippen LogP contribution in [0, 0.1) is 0 Å². The lowest BCUT2D eigenvalue weighted by atomic mass is 9.95. The highest BCUT2D eigenvalue weighted by atomic mass is 16.4. The van der Waals surface area contributed by atoms with E-state index in [9.17, 15) is 0 Å². The third-order valence-corrected chi connectivity index (χ3v) is 3.65. The van der Waals surface area contributed by atoms with Crippen LogP contribution in [-0.2, 0) is 4.79 Å². The Balaban J connectivity index is 0.000000325. The molecular formula is C20H16O2. The molecule has 4 rings (SSSR count). The summed E-state index contributed by atoms with van der Waals surface area (Å²) in [7, 11) is 0. The monoisotopic (exact) mass is 288 g/mol.